The molecule has 0 saturated heterocycles. The Labute approximate surface area is 95.2 Å². The second-order valence-electron chi connectivity index (χ2n) is 2.88. The van der Waals surface area contributed by atoms with Gasteiger partial charge < -0.3 is 9.63 Å². The third-order valence-corrected chi connectivity index (χ3v) is 2.07. The molecule has 1 aromatic rings. The molecule has 0 aliphatic rings. The van der Waals surface area contributed by atoms with E-state index in [2.05, 4.69) is 10.0 Å². The molecule has 1 rings (SSSR count). The van der Waals surface area contributed by atoms with Crippen molar-refractivity contribution in [1.82, 2.24) is 5.48 Å². The molecule has 0 unspecified atom stereocenters. The smallest absolute Gasteiger partial charge is 0.341 e. The Morgan fingerprint density at radius 2 is 1.94 bits per heavy atom. The predicted octanol–water partition coefficient (Wildman–Crippen LogP) is -0.361. The van der Waals surface area contributed by atoms with Gasteiger partial charge in [-0.25, -0.2) is 4.79 Å². The Kier molecular flexibility index (Phi) is 4.43. The Balaban J connectivity index is 2.97. The van der Waals surface area contributed by atoms with Crippen LogP contribution >= 0.6 is 0 Å². The van der Waals surface area contributed by atoms with Gasteiger partial charge in [0, 0.05) is 11.8 Å². The largest absolute Gasteiger partial charge is 0.477 e. The quantitative estimate of drug-likeness (QED) is 0.183. The number of carboxylic acids is 1. The summed E-state index contributed by atoms with van der Waals surface area (Å²) in [7, 11) is 0.396. The molecule has 0 saturated carbocycles. The molecule has 0 atom stereocenters. The van der Waals surface area contributed by atoms with Gasteiger partial charge in [-0.1, -0.05) is 30.3 Å². The zero-order valence-electron chi connectivity index (χ0n) is 8.64. The van der Waals surface area contributed by atoms with Crippen molar-refractivity contribution >= 4 is 22.2 Å². The maximum Gasteiger partial charge on any atom is 0.341 e. The highest BCUT2D eigenvalue weighted by molar-refractivity contribution is 6.23. The van der Waals surface area contributed by atoms with Gasteiger partial charge in [0.1, 0.15) is 5.57 Å². The molecule has 2 N–H and O–H groups in total. The van der Waals surface area contributed by atoms with E-state index in [0.717, 1.165) is 6.20 Å². The number of carbonyl (C=O) groups excluding carboxylic acids is 1. The molecule has 0 spiro atoms. The van der Waals surface area contributed by atoms with E-state index in [1.165, 1.54) is 0 Å². The van der Waals surface area contributed by atoms with Crippen LogP contribution in [0, 0.1) is 0 Å². The van der Waals surface area contributed by atoms with Crippen LogP contribution in [0.25, 0.3) is 0 Å². The Morgan fingerprint density at radius 3 is 2.44 bits per heavy atom. The number of Topliss-reactive ketones (excluding diaryl/α,β-unsaturated/α-hetero) is 1. The van der Waals surface area contributed by atoms with Crippen LogP contribution in [0.15, 0.2) is 42.1 Å². The van der Waals surface area contributed by atoms with Crippen molar-refractivity contribution < 1.29 is 19.2 Å². The van der Waals surface area contributed by atoms with E-state index in [0.29, 0.717) is 16.0 Å². The first kappa shape index (κ1) is 12.1. The summed E-state index contributed by atoms with van der Waals surface area (Å²) < 4.78 is 4.61. The minimum absolute atomic E-state index is 0.325. The number of carboxylic acid groups (broad SMARTS) is 1. The molecule has 0 amide bonds. The fourth-order valence-electron chi connectivity index (χ4n) is 1.09. The van der Waals surface area contributed by atoms with E-state index in [4.69, 9.17) is 5.11 Å². The lowest BCUT2D eigenvalue weighted by Crippen LogP contribution is -2.16. The molecule has 0 fully saturated rings. The molecule has 0 aliphatic carbocycles. The van der Waals surface area contributed by atoms with Gasteiger partial charge in [-0.2, -0.15) is 0 Å². The third-order valence-electron chi connectivity index (χ3n) is 1.83. The molecule has 16 heavy (non-hydrogen) atoms. The molecular formula is C10H11NO4Si. The summed E-state index contributed by atoms with van der Waals surface area (Å²) >= 11 is 0. The van der Waals surface area contributed by atoms with E-state index < -0.39 is 11.8 Å². The summed E-state index contributed by atoms with van der Waals surface area (Å²) in [5, 5.41) is 8.86. The van der Waals surface area contributed by atoms with Crippen molar-refractivity contribution in [1.29, 1.82) is 0 Å². The molecule has 5 nitrogen and oxygen atoms in total. The summed E-state index contributed by atoms with van der Waals surface area (Å²) in [5.41, 5.74) is 2.24. The average molecular weight is 237 g/mol. The van der Waals surface area contributed by atoms with Crippen LogP contribution in [0.1, 0.15) is 10.4 Å². The van der Waals surface area contributed by atoms with Crippen molar-refractivity contribution in [2.45, 2.75) is 0 Å². The fourth-order valence-corrected chi connectivity index (χ4v) is 1.21. The molecule has 1 aromatic carbocycles. The zero-order chi connectivity index (χ0) is 12.0. The highest BCUT2D eigenvalue weighted by Gasteiger charge is 2.18. The Morgan fingerprint density at radius 1 is 1.31 bits per heavy atom. The van der Waals surface area contributed by atoms with Gasteiger partial charge in [0.2, 0.25) is 5.78 Å². The van der Waals surface area contributed by atoms with E-state index >= 15 is 0 Å². The Bertz CT molecular complexity index is 416. The van der Waals surface area contributed by atoms with E-state index in [9.17, 15) is 9.59 Å². The van der Waals surface area contributed by atoms with Crippen LogP contribution in [0.5, 0.6) is 0 Å². The van der Waals surface area contributed by atoms with Crippen LogP contribution in [-0.2, 0) is 9.32 Å². The van der Waals surface area contributed by atoms with Crippen molar-refractivity contribution in [3.05, 3.63) is 47.7 Å². The van der Waals surface area contributed by atoms with E-state index in [-0.39, 0.29) is 5.57 Å². The van der Waals surface area contributed by atoms with Crippen molar-refractivity contribution in [2.24, 2.45) is 0 Å². The molecule has 84 valence electrons. The van der Waals surface area contributed by atoms with Gasteiger partial charge in [0.15, 0.2) is 10.5 Å². The number of hydrogen-bond acceptors (Lipinski definition) is 4. The monoisotopic (exact) mass is 237 g/mol. The first-order valence-corrected chi connectivity index (χ1v) is 5.30. The summed E-state index contributed by atoms with van der Waals surface area (Å²) in [6, 6.07) is 8.20. The van der Waals surface area contributed by atoms with Crippen LogP contribution in [0.3, 0.4) is 0 Å². The SMILES string of the molecule is O=C(O)C(=CNO[SiH3])C(=O)c1ccccc1. The number of carbonyl (C=O) groups is 2. The second kappa shape index (κ2) is 5.84. The van der Waals surface area contributed by atoms with Gasteiger partial charge in [-0.05, 0) is 0 Å². The highest BCUT2D eigenvalue weighted by atomic mass is 28.2. The second-order valence-corrected chi connectivity index (χ2v) is 3.29. The molecule has 0 aliphatic heterocycles. The van der Waals surface area contributed by atoms with Crippen LogP contribution in [0.4, 0.5) is 0 Å². The van der Waals surface area contributed by atoms with Crippen molar-refractivity contribution in [2.75, 3.05) is 0 Å². The standard InChI is InChI=1S/C10H11NO4Si/c12-9(7-4-2-1-3-5-7)8(10(13)14)6-11-15-16/h1-6,11H,16H3,(H,13,14). The average Bonchev–Trinajstić information content (AvgIpc) is 2.30. The molecule has 0 aromatic heterocycles. The number of benzene rings is 1. The molecule has 0 radical (unpaired) electrons. The van der Waals surface area contributed by atoms with Crippen LogP contribution in [-0.4, -0.2) is 27.3 Å². The first-order valence-electron chi connectivity index (χ1n) is 4.48. The predicted molar refractivity (Wildman–Crippen MR) is 60.7 cm³/mol. The summed E-state index contributed by atoms with van der Waals surface area (Å²) in [4.78, 5) is 22.6. The highest BCUT2D eigenvalue weighted by Crippen LogP contribution is 2.07. The lowest BCUT2D eigenvalue weighted by atomic mass is 10.0. The van der Waals surface area contributed by atoms with Crippen molar-refractivity contribution in [3.63, 3.8) is 0 Å². The summed E-state index contributed by atoms with van der Waals surface area (Å²) in [6.45, 7) is 0. The minimum Gasteiger partial charge on any atom is -0.477 e. The zero-order valence-corrected chi connectivity index (χ0v) is 10.6. The van der Waals surface area contributed by atoms with Gasteiger partial charge in [0.05, 0.1) is 0 Å². The maximum absolute atomic E-state index is 11.8. The number of hydrogen-bond donors (Lipinski definition) is 2. The molecule has 6 heteroatoms. The lowest BCUT2D eigenvalue weighted by Gasteiger charge is -2.02. The van der Waals surface area contributed by atoms with E-state index in [1.54, 1.807) is 30.3 Å². The van der Waals surface area contributed by atoms with Crippen molar-refractivity contribution in [3.8, 4) is 0 Å². The van der Waals surface area contributed by atoms with E-state index in [1.807, 2.05) is 0 Å². The Hall–Kier alpha value is -1.92. The molecular weight excluding hydrogens is 226 g/mol. The number of rotatable bonds is 5. The topological polar surface area (TPSA) is 75.6 Å². The number of ketones is 1. The minimum atomic E-state index is -1.29. The normalized spacial score (nSPS) is 11.1. The number of aliphatic carboxylic acids is 1. The fraction of sp³-hybridized carbons (Fsp3) is 0. The van der Waals surface area contributed by atoms with Crippen LogP contribution in [0.2, 0.25) is 0 Å². The molecule has 0 bridgehead atoms. The number of nitrogens with one attached hydrogen (secondary N) is 1. The summed E-state index contributed by atoms with van der Waals surface area (Å²) in [5.74, 6) is -1.85. The van der Waals surface area contributed by atoms with Gasteiger partial charge in [-0.3, -0.25) is 10.3 Å². The van der Waals surface area contributed by atoms with Gasteiger partial charge in [0.25, 0.3) is 0 Å². The van der Waals surface area contributed by atoms with Gasteiger partial charge in [-0.15, -0.1) is 0 Å². The number of hydroxylamine groups is 1. The lowest BCUT2D eigenvalue weighted by molar-refractivity contribution is -0.132. The van der Waals surface area contributed by atoms with Gasteiger partial charge >= 0.3 is 5.97 Å². The maximum atomic E-state index is 11.8. The van der Waals surface area contributed by atoms with Crippen LogP contribution < -0.4 is 5.48 Å². The first-order chi connectivity index (χ1) is 7.66. The third kappa shape index (κ3) is 3.04. The summed E-state index contributed by atoms with van der Waals surface area (Å²) in [6.07, 6.45) is 1.05. The molecule has 0 heterocycles.